The topological polar surface area (TPSA) is 119 Å². The van der Waals surface area contributed by atoms with Crippen molar-refractivity contribution in [1.82, 2.24) is 9.97 Å². The van der Waals surface area contributed by atoms with Gasteiger partial charge in [0.2, 0.25) is 0 Å². The zero-order valence-corrected chi connectivity index (χ0v) is 13.9. The van der Waals surface area contributed by atoms with E-state index in [1.165, 1.54) is 18.4 Å². The van der Waals surface area contributed by atoms with E-state index in [9.17, 15) is 9.59 Å². The van der Waals surface area contributed by atoms with Gasteiger partial charge < -0.3 is 20.2 Å². The fourth-order valence-electron chi connectivity index (χ4n) is 2.49. The van der Waals surface area contributed by atoms with Crippen molar-refractivity contribution in [2.45, 2.75) is 25.0 Å². The Balaban J connectivity index is 1.64. The first-order valence-electron chi connectivity index (χ1n) is 7.49. The van der Waals surface area contributed by atoms with Crippen molar-refractivity contribution in [3.63, 3.8) is 0 Å². The molecule has 9 heteroatoms. The van der Waals surface area contributed by atoms with Crippen LogP contribution in [-0.2, 0) is 14.3 Å². The number of aromatic amines is 1. The highest BCUT2D eigenvalue weighted by Gasteiger charge is 2.30. The predicted molar refractivity (Wildman–Crippen MR) is 88.8 cm³/mol. The minimum absolute atomic E-state index is 0.0517. The quantitative estimate of drug-likeness (QED) is 0.701. The second-order valence-electron chi connectivity index (χ2n) is 5.38. The molecule has 2 atom stereocenters. The van der Waals surface area contributed by atoms with Crippen molar-refractivity contribution >= 4 is 28.3 Å². The molecule has 0 aromatic carbocycles. The number of methoxy groups -OCH3 is 1. The molecule has 3 heterocycles. The Morgan fingerprint density at radius 3 is 3.08 bits per heavy atom. The SMILES string of the molecule is COC(=O)c1cc(-c2csc(NC(=O)[C@@H]3CC[C@H](CN)O3)n2)c[nH]1. The number of nitrogens with two attached hydrogens (primary N) is 1. The molecule has 128 valence electrons. The monoisotopic (exact) mass is 350 g/mol. The summed E-state index contributed by atoms with van der Waals surface area (Å²) in [5, 5.41) is 5.05. The fraction of sp³-hybridized carbons (Fsp3) is 0.400. The number of hydrogen-bond acceptors (Lipinski definition) is 7. The average Bonchev–Trinajstić information content (AvgIpc) is 3.32. The predicted octanol–water partition coefficient (Wildman–Crippen LogP) is 1.37. The summed E-state index contributed by atoms with van der Waals surface area (Å²) < 4.78 is 10.2. The zero-order valence-electron chi connectivity index (χ0n) is 13.1. The molecule has 0 unspecified atom stereocenters. The Morgan fingerprint density at radius 2 is 2.38 bits per heavy atom. The summed E-state index contributed by atoms with van der Waals surface area (Å²) in [6.45, 7) is 0.418. The van der Waals surface area contributed by atoms with E-state index >= 15 is 0 Å². The lowest BCUT2D eigenvalue weighted by molar-refractivity contribution is -0.126. The van der Waals surface area contributed by atoms with Gasteiger partial charge in [-0.2, -0.15) is 0 Å². The third-order valence-corrected chi connectivity index (χ3v) is 4.54. The molecule has 0 radical (unpaired) electrons. The van der Waals surface area contributed by atoms with Crippen molar-refractivity contribution < 1.29 is 19.1 Å². The smallest absolute Gasteiger partial charge is 0.354 e. The molecule has 0 bridgehead atoms. The van der Waals surface area contributed by atoms with Crippen LogP contribution in [0.15, 0.2) is 17.6 Å². The molecule has 8 nitrogen and oxygen atoms in total. The highest BCUT2D eigenvalue weighted by atomic mass is 32.1. The number of anilines is 1. The fourth-order valence-corrected chi connectivity index (χ4v) is 3.21. The maximum atomic E-state index is 12.2. The molecule has 1 fully saturated rings. The molecule has 1 aliphatic rings. The van der Waals surface area contributed by atoms with Gasteiger partial charge in [0.1, 0.15) is 11.8 Å². The molecule has 0 saturated carbocycles. The number of ether oxygens (including phenoxy) is 2. The Bertz CT molecular complexity index is 741. The van der Waals surface area contributed by atoms with Crippen molar-refractivity contribution in [3.05, 3.63) is 23.3 Å². The van der Waals surface area contributed by atoms with Crippen LogP contribution in [0.3, 0.4) is 0 Å². The normalized spacial score (nSPS) is 20.1. The van der Waals surface area contributed by atoms with Gasteiger partial charge >= 0.3 is 5.97 Å². The van der Waals surface area contributed by atoms with Gasteiger partial charge in [0.05, 0.1) is 18.9 Å². The van der Waals surface area contributed by atoms with Crippen molar-refractivity contribution in [1.29, 1.82) is 0 Å². The molecule has 3 rings (SSSR count). The van der Waals surface area contributed by atoms with Crippen LogP contribution >= 0.6 is 11.3 Å². The lowest BCUT2D eigenvalue weighted by Crippen LogP contribution is -2.29. The summed E-state index contributed by atoms with van der Waals surface area (Å²) >= 11 is 1.31. The summed E-state index contributed by atoms with van der Waals surface area (Å²) in [5.41, 5.74) is 7.30. The Hall–Kier alpha value is -2.23. The zero-order chi connectivity index (χ0) is 17.1. The number of aromatic nitrogens is 2. The van der Waals surface area contributed by atoms with Gasteiger partial charge in [0, 0.05) is 23.7 Å². The van der Waals surface area contributed by atoms with Gasteiger partial charge in [-0.3, -0.25) is 10.1 Å². The van der Waals surface area contributed by atoms with Crippen LogP contribution in [0, 0.1) is 0 Å². The Kier molecular flexibility index (Phi) is 4.93. The lowest BCUT2D eigenvalue weighted by atomic mass is 10.2. The van der Waals surface area contributed by atoms with Gasteiger partial charge in [0.25, 0.3) is 5.91 Å². The lowest BCUT2D eigenvalue weighted by Gasteiger charge is -2.11. The molecular weight excluding hydrogens is 332 g/mol. The van der Waals surface area contributed by atoms with Crippen LogP contribution in [-0.4, -0.2) is 47.7 Å². The average molecular weight is 350 g/mol. The van der Waals surface area contributed by atoms with E-state index in [0.29, 0.717) is 29.5 Å². The summed E-state index contributed by atoms with van der Waals surface area (Å²) in [5.74, 6) is -0.658. The Labute approximate surface area is 142 Å². The van der Waals surface area contributed by atoms with Crippen LogP contribution in [0.2, 0.25) is 0 Å². The molecule has 1 aliphatic heterocycles. The number of amides is 1. The number of H-pyrrole nitrogens is 1. The molecule has 0 aliphatic carbocycles. The molecule has 2 aromatic rings. The van der Waals surface area contributed by atoms with E-state index in [1.807, 2.05) is 0 Å². The highest BCUT2D eigenvalue weighted by Crippen LogP contribution is 2.27. The van der Waals surface area contributed by atoms with Gasteiger partial charge in [-0.25, -0.2) is 9.78 Å². The van der Waals surface area contributed by atoms with E-state index in [2.05, 4.69) is 20.0 Å². The number of rotatable bonds is 5. The van der Waals surface area contributed by atoms with E-state index in [0.717, 1.165) is 12.0 Å². The summed E-state index contributed by atoms with van der Waals surface area (Å²) in [6, 6.07) is 1.65. The summed E-state index contributed by atoms with van der Waals surface area (Å²) in [6.07, 6.45) is 2.58. The first-order chi connectivity index (χ1) is 11.6. The van der Waals surface area contributed by atoms with Crippen LogP contribution in [0.25, 0.3) is 11.3 Å². The van der Waals surface area contributed by atoms with Crippen molar-refractivity contribution in [2.24, 2.45) is 5.73 Å². The van der Waals surface area contributed by atoms with E-state index < -0.39 is 12.1 Å². The number of nitrogens with one attached hydrogen (secondary N) is 2. The first-order valence-corrected chi connectivity index (χ1v) is 8.37. The number of nitrogens with zero attached hydrogens (tertiary/aromatic N) is 1. The number of thiazole rings is 1. The number of carbonyl (C=O) groups excluding carboxylic acids is 2. The molecule has 2 aromatic heterocycles. The van der Waals surface area contributed by atoms with Gasteiger partial charge in [0.15, 0.2) is 5.13 Å². The van der Waals surface area contributed by atoms with Gasteiger partial charge in [-0.05, 0) is 18.9 Å². The maximum Gasteiger partial charge on any atom is 0.354 e. The van der Waals surface area contributed by atoms with Gasteiger partial charge in [-0.1, -0.05) is 0 Å². The van der Waals surface area contributed by atoms with Crippen LogP contribution in [0.4, 0.5) is 5.13 Å². The van der Waals surface area contributed by atoms with Crippen molar-refractivity contribution in [2.75, 3.05) is 19.0 Å². The number of hydrogen-bond donors (Lipinski definition) is 3. The summed E-state index contributed by atoms with van der Waals surface area (Å²) in [4.78, 5) is 30.8. The third-order valence-electron chi connectivity index (χ3n) is 3.78. The van der Waals surface area contributed by atoms with E-state index in [4.69, 9.17) is 10.5 Å². The third kappa shape index (κ3) is 3.48. The summed E-state index contributed by atoms with van der Waals surface area (Å²) in [7, 11) is 1.32. The largest absolute Gasteiger partial charge is 0.464 e. The Morgan fingerprint density at radius 1 is 1.54 bits per heavy atom. The highest BCUT2D eigenvalue weighted by molar-refractivity contribution is 7.14. The maximum absolute atomic E-state index is 12.2. The molecule has 4 N–H and O–H groups in total. The molecular formula is C15H18N4O4S. The second kappa shape index (κ2) is 7.12. The standard InChI is InChI=1S/C15H18N4O4S/c1-22-14(21)10-4-8(6-17-10)11-7-24-15(18-11)19-13(20)12-3-2-9(5-16)23-12/h4,6-7,9,12,17H,2-3,5,16H2,1H3,(H,18,19,20)/t9-,12+/m1/s1. The minimum Gasteiger partial charge on any atom is -0.464 e. The van der Waals surface area contributed by atoms with E-state index in [-0.39, 0.29) is 12.0 Å². The van der Waals surface area contributed by atoms with Crippen LogP contribution < -0.4 is 11.1 Å². The van der Waals surface area contributed by atoms with E-state index in [1.54, 1.807) is 17.6 Å². The molecule has 1 saturated heterocycles. The van der Waals surface area contributed by atoms with Crippen LogP contribution in [0.1, 0.15) is 23.3 Å². The van der Waals surface area contributed by atoms with Gasteiger partial charge in [-0.15, -0.1) is 11.3 Å². The minimum atomic E-state index is -0.482. The first kappa shape index (κ1) is 16.6. The second-order valence-corrected chi connectivity index (χ2v) is 6.24. The molecule has 0 spiro atoms. The van der Waals surface area contributed by atoms with Crippen molar-refractivity contribution in [3.8, 4) is 11.3 Å². The molecule has 1 amide bonds. The number of carbonyl (C=O) groups is 2. The number of esters is 1. The van der Waals surface area contributed by atoms with Crippen LogP contribution in [0.5, 0.6) is 0 Å². The molecule has 24 heavy (non-hydrogen) atoms.